The van der Waals surface area contributed by atoms with Crippen LogP contribution < -0.4 is 10.7 Å². The summed E-state index contributed by atoms with van der Waals surface area (Å²) in [5.74, 6) is -5.84. The summed E-state index contributed by atoms with van der Waals surface area (Å²) >= 11 is 11.9. The smallest absolute Gasteiger partial charge is 0.257 e. The van der Waals surface area contributed by atoms with Crippen LogP contribution in [0.25, 0.3) is 16.7 Å². The number of alkyl halides is 2. The van der Waals surface area contributed by atoms with E-state index in [-0.39, 0.29) is 26.9 Å². The zero-order chi connectivity index (χ0) is 22.7. The Hall–Kier alpha value is -2.65. The van der Waals surface area contributed by atoms with Gasteiger partial charge in [-0.3, -0.25) is 14.2 Å². The minimum atomic E-state index is -2.91. The van der Waals surface area contributed by atoms with Crippen molar-refractivity contribution < 1.29 is 22.4 Å². The van der Waals surface area contributed by atoms with Crippen molar-refractivity contribution in [1.82, 2.24) is 14.9 Å². The van der Waals surface area contributed by atoms with Crippen molar-refractivity contribution in [2.75, 3.05) is 0 Å². The Morgan fingerprint density at radius 3 is 2.48 bits per heavy atom. The number of rotatable bonds is 3. The Labute approximate surface area is 182 Å². The fourth-order valence-corrected chi connectivity index (χ4v) is 4.23. The van der Waals surface area contributed by atoms with Crippen molar-refractivity contribution in [3.05, 3.63) is 68.1 Å². The summed E-state index contributed by atoms with van der Waals surface area (Å²) in [5.41, 5.74) is -2.90. The van der Waals surface area contributed by atoms with Gasteiger partial charge in [0.2, 0.25) is 5.43 Å². The van der Waals surface area contributed by atoms with Crippen LogP contribution >= 0.6 is 23.2 Å². The molecule has 162 valence electrons. The van der Waals surface area contributed by atoms with Gasteiger partial charge in [0.25, 0.3) is 11.8 Å². The lowest BCUT2D eigenvalue weighted by Crippen LogP contribution is -2.60. The zero-order valence-electron chi connectivity index (χ0n) is 15.8. The first kappa shape index (κ1) is 21.6. The van der Waals surface area contributed by atoms with Crippen molar-refractivity contribution in [2.45, 2.75) is 31.2 Å². The van der Waals surface area contributed by atoms with Crippen molar-refractivity contribution in [3.63, 3.8) is 0 Å². The predicted molar refractivity (Wildman–Crippen MR) is 107 cm³/mol. The maximum Gasteiger partial charge on any atom is 0.257 e. The van der Waals surface area contributed by atoms with E-state index in [2.05, 4.69) is 10.3 Å². The van der Waals surface area contributed by atoms with Gasteiger partial charge in [0.05, 0.1) is 10.4 Å². The molecule has 1 fully saturated rings. The molecule has 1 N–H and O–H groups in total. The summed E-state index contributed by atoms with van der Waals surface area (Å²) < 4.78 is 55.7. The normalized spacial score (nSPS) is 16.7. The minimum absolute atomic E-state index is 0.0271. The molecular formula is C20H13Cl2F4N3O2. The van der Waals surface area contributed by atoms with Crippen LogP contribution in [-0.2, 0) is 0 Å². The third-order valence-corrected chi connectivity index (χ3v) is 5.50. The molecule has 0 bridgehead atoms. The summed E-state index contributed by atoms with van der Waals surface area (Å²) in [4.78, 5) is 29.7. The van der Waals surface area contributed by atoms with E-state index in [9.17, 15) is 27.2 Å². The summed E-state index contributed by atoms with van der Waals surface area (Å²) in [6.45, 7) is 1.43. The van der Waals surface area contributed by atoms with Crippen molar-refractivity contribution >= 4 is 40.1 Å². The molecule has 1 aliphatic rings. The second-order valence-corrected chi connectivity index (χ2v) is 8.48. The van der Waals surface area contributed by atoms with E-state index in [1.54, 1.807) is 0 Å². The molecule has 0 unspecified atom stereocenters. The largest absolute Gasteiger partial charge is 0.346 e. The van der Waals surface area contributed by atoms with Crippen LogP contribution in [0.2, 0.25) is 10.2 Å². The van der Waals surface area contributed by atoms with Crippen LogP contribution in [0.1, 0.15) is 30.1 Å². The lowest BCUT2D eigenvalue weighted by atomic mass is 9.75. The van der Waals surface area contributed by atoms with E-state index in [4.69, 9.17) is 23.2 Å². The quantitative estimate of drug-likeness (QED) is 0.435. The lowest BCUT2D eigenvalue weighted by molar-refractivity contribution is -0.124. The molecule has 0 aliphatic heterocycles. The number of carbonyl (C=O) groups excluding carboxylic acids is 1. The molecule has 3 aromatic rings. The number of nitrogens with zero attached hydrogens (tertiary/aromatic N) is 2. The van der Waals surface area contributed by atoms with E-state index in [0.29, 0.717) is 6.07 Å². The van der Waals surface area contributed by atoms with Gasteiger partial charge in [0.1, 0.15) is 27.9 Å². The third-order valence-electron chi connectivity index (χ3n) is 5.00. The molecule has 5 nitrogen and oxygen atoms in total. The highest BCUT2D eigenvalue weighted by molar-refractivity contribution is 6.32. The average Bonchev–Trinajstić information content (AvgIpc) is 2.60. The molecule has 1 saturated carbocycles. The molecule has 31 heavy (non-hydrogen) atoms. The molecule has 1 amide bonds. The first-order valence-electron chi connectivity index (χ1n) is 8.96. The summed E-state index contributed by atoms with van der Waals surface area (Å²) in [6, 6.07) is 4.02. The van der Waals surface area contributed by atoms with Crippen LogP contribution in [0, 0.1) is 11.6 Å². The third kappa shape index (κ3) is 3.87. The number of aromatic nitrogens is 2. The van der Waals surface area contributed by atoms with Crippen LogP contribution in [0.5, 0.6) is 0 Å². The number of hydrogen-bond donors (Lipinski definition) is 1. The molecule has 4 rings (SSSR count). The second-order valence-electron chi connectivity index (χ2n) is 7.69. The Bertz CT molecular complexity index is 1280. The molecule has 0 saturated heterocycles. The molecule has 1 aliphatic carbocycles. The minimum Gasteiger partial charge on any atom is -0.346 e. The second kappa shape index (κ2) is 7.20. The molecule has 0 radical (unpaired) electrons. The molecule has 0 atom stereocenters. The number of carbonyl (C=O) groups is 1. The first-order valence-corrected chi connectivity index (χ1v) is 9.72. The van der Waals surface area contributed by atoms with Crippen LogP contribution in [0.15, 0.2) is 35.3 Å². The average molecular weight is 474 g/mol. The first-order chi connectivity index (χ1) is 14.4. The molecular weight excluding hydrogens is 461 g/mol. The van der Waals surface area contributed by atoms with Gasteiger partial charge >= 0.3 is 0 Å². The van der Waals surface area contributed by atoms with Gasteiger partial charge in [0, 0.05) is 30.6 Å². The number of pyridine rings is 2. The van der Waals surface area contributed by atoms with Crippen molar-refractivity contribution in [1.29, 1.82) is 0 Å². The van der Waals surface area contributed by atoms with Crippen molar-refractivity contribution in [2.24, 2.45) is 0 Å². The number of fused-ring (bicyclic) bond motifs is 1. The standard InChI is InChI=1S/C20H13Cl2F4N3O2/c1-19(7-20(25,26)8-19)28-18(31)11-6-29(15-12(21)4-9(23)5-13(15)24)17-10(16(11)30)2-3-14(22)27-17/h2-6H,7-8H2,1H3,(H,28,31). The van der Waals surface area contributed by atoms with Gasteiger partial charge in [-0.25, -0.2) is 22.5 Å². The van der Waals surface area contributed by atoms with E-state index in [0.717, 1.165) is 16.8 Å². The van der Waals surface area contributed by atoms with E-state index >= 15 is 0 Å². The van der Waals surface area contributed by atoms with Crippen molar-refractivity contribution in [3.8, 4) is 5.69 Å². The molecule has 2 aromatic heterocycles. The number of hydrogen-bond acceptors (Lipinski definition) is 3. The predicted octanol–water partition coefficient (Wildman–Crippen LogP) is 4.89. The maximum atomic E-state index is 14.6. The van der Waals surface area contributed by atoms with Gasteiger partial charge in [-0.1, -0.05) is 23.2 Å². The molecule has 0 spiro atoms. The molecule has 2 heterocycles. The van der Waals surface area contributed by atoms with Crippen LogP contribution in [0.3, 0.4) is 0 Å². The van der Waals surface area contributed by atoms with Gasteiger partial charge in [-0.05, 0) is 25.1 Å². The summed E-state index contributed by atoms with van der Waals surface area (Å²) in [7, 11) is 0. The number of nitrogens with one attached hydrogen (secondary N) is 1. The summed E-state index contributed by atoms with van der Waals surface area (Å²) in [6.07, 6.45) is -0.183. The van der Waals surface area contributed by atoms with Gasteiger partial charge < -0.3 is 5.32 Å². The van der Waals surface area contributed by atoms with Gasteiger partial charge in [0.15, 0.2) is 5.82 Å². The number of halogens is 6. The SMILES string of the molecule is CC1(NC(=O)c2cn(-c3c(F)cc(F)cc3Cl)c3nc(Cl)ccc3c2=O)CC(F)(F)C1. The fourth-order valence-electron chi connectivity index (χ4n) is 3.80. The molecule has 1 aromatic carbocycles. The Morgan fingerprint density at radius 1 is 1.19 bits per heavy atom. The topological polar surface area (TPSA) is 64.0 Å². The maximum absolute atomic E-state index is 14.6. The van der Waals surface area contributed by atoms with Crippen LogP contribution in [-0.4, -0.2) is 26.9 Å². The number of benzene rings is 1. The highest BCUT2D eigenvalue weighted by atomic mass is 35.5. The highest BCUT2D eigenvalue weighted by Gasteiger charge is 2.54. The van der Waals surface area contributed by atoms with E-state index in [1.165, 1.54) is 19.1 Å². The monoisotopic (exact) mass is 473 g/mol. The summed E-state index contributed by atoms with van der Waals surface area (Å²) in [5, 5.41) is 1.96. The van der Waals surface area contributed by atoms with Gasteiger partial charge in [-0.2, -0.15) is 0 Å². The Kier molecular flexibility index (Phi) is 5.01. The number of amides is 1. The van der Waals surface area contributed by atoms with E-state index < -0.39 is 52.8 Å². The molecule has 11 heteroatoms. The highest BCUT2D eigenvalue weighted by Crippen LogP contribution is 2.45. The van der Waals surface area contributed by atoms with E-state index in [1.807, 2.05) is 0 Å². The van der Waals surface area contributed by atoms with Gasteiger partial charge in [-0.15, -0.1) is 0 Å². The fraction of sp³-hybridized carbons (Fsp3) is 0.250. The Balaban J connectivity index is 1.91. The lowest BCUT2D eigenvalue weighted by Gasteiger charge is -2.45. The zero-order valence-corrected chi connectivity index (χ0v) is 17.3. The van der Waals surface area contributed by atoms with Crippen LogP contribution in [0.4, 0.5) is 17.6 Å². The Morgan fingerprint density at radius 2 is 1.87 bits per heavy atom.